The second-order valence-corrected chi connectivity index (χ2v) is 33.1. The number of rotatable bonds is 5. The first-order chi connectivity index (χ1) is 48.5. The summed E-state index contributed by atoms with van der Waals surface area (Å²) in [5.41, 5.74) is 18.2. The molecule has 100 heavy (non-hydrogen) atoms. The molecule has 12 aliphatic heterocycles. The van der Waals surface area contributed by atoms with Crippen molar-refractivity contribution < 1.29 is 34.0 Å². The van der Waals surface area contributed by atoms with E-state index in [0.717, 1.165) is 97.2 Å². The molecule has 12 fully saturated rings. The number of methoxy groups -OCH3 is 2. The minimum absolute atomic E-state index is 0.384. The molecule has 24 rings (SSSR count). The van der Waals surface area contributed by atoms with Gasteiger partial charge in [-0.2, -0.15) is 0 Å². The van der Waals surface area contributed by atoms with E-state index in [2.05, 4.69) is 145 Å². The number of phenols is 2. The van der Waals surface area contributed by atoms with E-state index in [1.165, 1.54) is 221 Å². The fourth-order valence-electron chi connectivity index (χ4n) is 24.3. The van der Waals surface area contributed by atoms with Crippen LogP contribution in [0.4, 0.5) is 9.59 Å². The Bertz CT molecular complexity index is 4280. The molecule has 16 heterocycles. The summed E-state index contributed by atoms with van der Waals surface area (Å²) >= 11 is 4.60. The number of piperidine rings is 8. The Kier molecular flexibility index (Phi) is 18.5. The van der Waals surface area contributed by atoms with Gasteiger partial charge in [-0.15, -0.1) is 0 Å². The lowest BCUT2D eigenvalue weighted by atomic mass is 9.65. The Morgan fingerprint density at radius 1 is 0.470 bits per heavy atom. The predicted octanol–water partition coefficient (Wildman–Crippen LogP) is 16.6. The van der Waals surface area contributed by atoms with Crippen molar-refractivity contribution in [1.29, 1.82) is 0 Å². The molecule has 8 saturated heterocycles. The van der Waals surface area contributed by atoms with Gasteiger partial charge in [0.1, 0.15) is 17.2 Å². The number of carbonyl (C=O) groups excluding carboxylic acids is 2. The number of phenolic OH excluding ortho intramolecular Hbond substituents is 2. The van der Waals surface area contributed by atoms with Gasteiger partial charge >= 0.3 is 11.6 Å². The molecule has 16 bridgehead atoms. The summed E-state index contributed by atoms with van der Waals surface area (Å²) in [7, 11) is 9.31. The second-order valence-electron chi connectivity index (χ2n) is 32.8. The number of aromatic hydroxyl groups is 2. The lowest BCUT2D eigenvalue weighted by molar-refractivity contribution is -0.0140. The smallest absolute Gasteiger partial charge is 0.508 e. The topological polar surface area (TPSA) is 146 Å². The van der Waals surface area contributed by atoms with E-state index in [9.17, 15) is 19.8 Å². The summed E-state index contributed by atoms with van der Waals surface area (Å²) in [6.07, 6.45) is 20.4. The lowest BCUT2D eigenvalue weighted by Crippen LogP contribution is -2.56. The van der Waals surface area contributed by atoms with Crippen LogP contribution in [0.15, 0.2) is 72.8 Å². The number of ether oxygens (including phenoxy) is 3. The lowest BCUT2D eigenvalue weighted by Gasteiger charge is -2.53. The molecule has 15 nitrogen and oxygen atoms in total. The molecule has 20 atom stereocenters. The molecule has 4 aromatic heterocycles. The second kappa shape index (κ2) is 27.3. The van der Waals surface area contributed by atoms with Crippen LogP contribution >= 0.6 is 11.6 Å². The van der Waals surface area contributed by atoms with Crippen LogP contribution in [0.1, 0.15) is 179 Å². The number of nitrogens with one attached hydrogen (secondary N) is 1. The number of H-pyrrole nitrogens is 1. The van der Waals surface area contributed by atoms with Crippen LogP contribution in [0.2, 0.25) is 0 Å². The molecular formula is C84H109ClN8O7. The molecule has 0 amide bonds. The minimum atomic E-state index is -0.773. The highest BCUT2D eigenvalue weighted by Gasteiger charge is 2.53. The molecular weight excluding hydrogens is 1270 g/mol. The van der Waals surface area contributed by atoms with E-state index in [4.69, 9.17) is 4.74 Å². The van der Waals surface area contributed by atoms with Gasteiger partial charge in [-0.1, -0.05) is 65.0 Å². The Morgan fingerprint density at radius 2 is 0.840 bits per heavy atom. The SMILES string of the molecule is CCC1C[C@H]2C[C@H]3c4[nH]c5ccc(O)cc5c4CCN(C2)C13.CCC1C[C@H]2C[C@H]3c4c(c5cc(C)ccc5n4C)CCN(C2)C13.CCC1C[C@H]2C[C@H]3c4c(c5cc(O)ccc5n4C)CCN(C2)C13.CCC1C[C@H]2C[C@H]3c4c(c5cc(OC(=O)OC)ccc5n4C)CCN(C2)C13.COC(=O)Cl. The van der Waals surface area contributed by atoms with Gasteiger partial charge in [0.25, 0.3) is 0 Å². The number of nitrogens with zero attached hydrogens (tertiary/aromatic N) is 7. The Hall–Kier alpha value is -6.49. The molecule has 8 aromatic rings. The van der Waals surface area contributed by atoms with Crippen LogP contribution in [0.5, 0.6) is 17.2 Å². The number of benzene rings is 4. The molecule has 16 aliphatic rings. The first kappa shape index (κ1) is 68.0. The van der Waals surface area contributed by atoms with Crippen molar-refractivity contribution in [3.8, 4) is 17.2 Å². The zero-order valence-corrected chi connectivity index (χ0v) is 61.8. The van der Waals surface area contributed by atoms with Gasteiger partial charge in [-0.25, -0.2) is 9.59 Å². The van der Waals surface area contributed by atoms with Crippen molar-refractivity contribution in [3.05, 3.63) is 123 Å². The minimum Gasteiger partial charge on any atom is -0.508 e. The van der Waals surface area contributed by atoms with Crippen molar-refractivity contribution in [2.45, 2.75) is 185 Å². The zero-order valence-electron chi connectivity index (χ0n) is 61.1. The van der Waals surface area contributed by atoms with Gasteiger partial charge in [0.2, 0.25) is 0 Å². The molecule has 4 aliphatic carbocycles. The van der Waals surface area contributed by atoms with Crippen LogP contribution in [0.25, 0.3) is 43.6 Å². The highest BCUT2D eigenvalue weighted by atomic mass is 35.5. The van der Waals surface area contributed by atoms with Crippen molar-refractivity contribution >= 4 is 66.8 Å². The summed E-state index contributed by atoms with van der Waals surface area (Å²) in [5, 5.41) is 25.1. The maximum atomic E-state index is 11.5. The summed E-state index contributed by atoms with van der Waals surface area (Å²) in [4.78, 5) is 35.8. The van der Waals surface area contributed by atoms with Gasteiger partial charge < -0.3 is 43.1 Å². The standard InChI is InChI=1S/C22H28N2O3.C21H28N2.C20H26N2O.C19H24N2O.C2H3ClO2/c1-4-14-9-13-10-18-20(14)24(12-13)8-7-16-17-11-15(27-22(25)26-3)5-6-19(17)23(2)21(16)18;1-4-15-10-14-11-18-20(15)23(12-14)8-7-16-17-9-13(2)5-6-19(17)22(3)21(16)18;1-3-13-8-12-9-17-19(13)22(11-12)7-6-15-16-10-14(23)4-5-18(16)21(2)20(15)17;1-2-12-7-11-8-16-18-14(5-6-21(10-11)19(12)16)15-9-13(22)3-4-17(15)20-18;1-5-2(3)4/h5-6,11,13-14,18,20H,4,7-10,12H2,1-3H3;5-6,9,14-15,18,20H,4,7-8,10-12H2,1-3H3;4-5,10,12-13,17,19,23H,3,6-9,11H2,1-2H3;3-4,9,11-12,16,19-20,22H,2,5-8,10H2,1H3;1H3/t13-,14?,18+,20?;14-,15?,18+,20?;12-,13?,17+,19?;11-,12?,16-,19?;/m0000./s1. The van der Waals surface area contributed by atoms with E-state index in [0.29, 0.717) is 41.0 Å². The molecule has 0 spiro atoms. The van der Waals surface area contributed by atoms with Crippen LogP contribution in [-0.2, 0) is 56.3 Å². The highest BCUT2D eigenvalue weighted by Crippen LogP contribution is 2.56. The number of carbonyl (C=O) groups is 2. The van der Waals surface area contributed by atoms with Crippen LogP contribution in [0, 0.1) is 54.3 Å². The third kappa shape index (κ3) is 11.7. The molecule has 4 aromatic carbocycles. The van der Waals surface area contributed by atoms with Crippen molar-refractivity contribution in [3.63, 3.8) is 0 Å². The molecule has 3 N–H and O–H groups in total. The molecule has 16 heteroatoms. The number of aromatic amines is 1. The van der Waals surface area contributed by atoms with Gasteiger partial charge in [-0.05, 0) is 220 Å². The summed E-state index contributed by atoms with van der Waals surface area (Å²) in [6, 6.07) is 27.7. The fraction of sp³-hybridized carbons (Fsp3) is 0.595. The average Bonchev–Trinajstić information content (AvgIpc) is 1.58. The van der Waals surface area contributed by atoms with Gasteiger partial charge in [0.05, 0.1) is 14.2 Å². The van der Waals surface area contributed by atoms with Crippen LogP contribution in [-0.4, -0.2) is 151 Å². The number of halogens is 1. The zero-order chi connectivity index (χ0) is 69.3. The van der Waals surface area contributed by atoms with Gasteiger partial charge in [0, 0.05) is 199 Å². The normalized spacial score (nSPS) is 33.1. The van der Waals surface area contributed by atoms with E-state index >= 15 is 0 Å². The van der Waals surface area contributed by atoms with E-state index < -0.39 is 11.6 Å². The third-order valence-corrected chi connectivity index (χ3v) is 28.0. The monoisotopic (exact) mass is 1380 g/mol. The first-order valence-corrected chi connectivity index (χ1v) is 39.1. The number of fused-ring (bicyclic) bond motifs is 16. The van der Waals surface area contributed by atoms with Crippen LogP contribution < -0.4 is 4.74 Å². The van der Waals surface area contributed by atoms with Crippen molar-refractivity contribution in [2.24, 2.45) is 68.5 Å². The van der Waals surface area contributed by atoms with E-state index in [1.54, 1.807) is 23.0 Å². The quantitative estimate of drug-likeness (QED) is 0.0860. The van der Waals surface area contributed by atoms with E-state index in [-0.39, 0.29) is 0 Å². The molecule has 12 unspecified atom stereocenters. The number of hydrogen-bond acceptors (Lipinski definition) is 11. The van der Waals surface area contributed by atoms with Crippen molar-refractivity contribution in [2.75, 3.05) is 66.6 Å². The Labute approximate surface area is 596 Å². The number of aromatic nitrogens is 4. The molecule has 4 saturated carbocycles. The maximum absolute atomic E-state index is 11.5. The number of hydrogen-bond donors (Lipinski definition) is 3. The van der Waals surface area contributed by atoms with E-state index in [1.807, 2.05) is 36.4 Å². The molecule has 534 valence electrons. The summed E-state index contributed by atoms with van der Waals surface area (Å²) in [5.74, 6) is 11.1. The van der Waals surface area contributed by atoms with Crippen molar-refractivity contribution in [1.82, 2.24) is 38.3 Å². The average molecular weight is 1380 g/mol. The highest BCUT2D eigenvalue weighted by molar-refractivity contribution is 6.61. The maximum Gasteiger partial charge on any atom is 0.513 e. The van der Waals surface area contributed by atoms with Crippen LogP contribution in [0.3, 0.4) is 0 Å². The van der Waals surface area contributed by atoms with Gasteiger partial charge in [0.15, 0.2) is 0 Å². The Morgan fingerprint density at radius 3 is 1.27 bits per heavy atom. The van der Waals surface area contributed by atoms with Gasteiger partial charge in [-0.3, -0.25) is 19.6 Å². The first-order valence-electron chi connectivity index (χ1n) is 38.7. The summed E-state index contributed by atoms with van der Waals surface area (Å²) in [6.45, 7) is 21.8. The molecule has 0 radical (unpaired) electrons. The fourth-order valence-corrected chi connectivity index (χ4v) is 24.3. The Balaban J connectivity index is 0.000000102. The predicted molar refractivity (Wildman–Crippen MR) is 400 cm³/mol. The third-order valence-electron chi connectivity index (χ3n) is 27.9. The largest absolute Gasteiger partial charge is 0.513 e. The summed E-state index contributed by atoms with van der Waals surface area (Å²) < 4.78 is 21.2. The number of aryl methyl sites for hydroxylation is 4.